The maximum Gasteiger partial charge on any atom is 0.231 e. The number of benzene rings is 3. The quantitative estimate of drug-likeness (QED) is 0.334. The van der Waals surface area contributed by atoms with Crippen molar-refractivity contribution < 1.29 is 27.1 Å². The topological polar surface area (TPSA) is 43.0 Å². The molecule has 0 saturated carbocycles. The molecular weight excluding hydrogens is 453 g/mol. The van der Waals surface area contributed by atoms with Gasteiger partial charge in [-0.05, 0) is 66.6 Å². The second-order valence-corrected chi connectivity index (χ2v) is 8.30. The molecule has 4 nitrogen and oxygen atoms in total. The molecule has 0 spiro atoms. The number of nitrogens with zero attached hydrogens (tertiary/aromatic N) is 3. The Bertz CT molecular complexity index is 1540. The Morgan fingerprint density at radius 2 is 1.68 bits per heavy atom. The summed E-state index contributed by atoms with van der Waals surface area (Å²) in [7, 11) is 0. The number of aromatic nitrogens is 3. The van der Waals surface area contributed by atoms with Crippen LogP contribution in [0, 0.1) is 30.3 Å². The van der Waals surface area contributed by atoms with Crippen molar-refractivity contribution in [2.24, 2.45) is 0 Å². The summed E-state index contributed by atoms with van der Waals surface area (Å²) < 4.78 is 73.2. The van der Waals surface area contributed by atoms with Crippen molar-refractivity contribution in [2.45, 2.75) is 19.1 Å². The Morgan fingerprint density at radius 3 is 2.38 bits per heavy atom. The largest absolute Gasteiger partial charge is 0.381 e. The second-order valence-electron chi connectivity index (χ2n) is 8.30. The van der Waals surface area contributed by atoms with E-state index in [-0.39, 0.29) is 11.1 Å². The zero-order valence-electron chi connectivity index (χ0n) is 17.9. The fraction of sp³-hybridized carbons (Fsp3) is 0.160. The third-order valence-electron chi connectivity index (χ3n) is 5.96. The third kappa shape index (κ3) is 3.43. The molecule has 0 fully saturated rings. The lowest BCUT2D eigenvalue weighted by Crippen LogP contribution is -2.34. The molecule has 34 heavy (non-hydrogen) atoms. The Kier molecular flexibility index (Phi) is 5.16. The minimum Gasteiger partial charge on any atom is -0.381 e. The summed E-state index contributed by atoms with van der Waals surface area (Å²) in [5.41, 5.74) is -0.620. The predicted molar refractivity (Wildman–Crippen MR) is 117 cm³/mol. The van der Waals surface area contributed by atoms with Crippen molar-refractivity contribution >= 4 is 21.8 Å². The first-order valence-electron chi connectivity index (χ1n) is 10.4. The average molecular weight is 471 g/mol. The van der Waals surface area contributed by atoms with Crippen molar-refractivity contribution in [3.8, 4) is 5.69 Å². The molecule has 5 rings (SSSR count). The maximum absolute atomic E-state index is 14.7. The first-order chi connectivity index (χ1) is 16.2. The zero-order valence-corrected chi connectivity index (χ0v) is 17.9. The lowest BCUT2D eigenvalue weighted by Gasteiger charge is -2.27. The van der Waals surface area contributed by atoms with Gasteiger partial charge in [-0.25, -0.2) is 22.2 Å². The SMILES string of the molecule is Cc1cc(F)c2c(F)c(F)n(CC(O)(CF)c3ccc4c(cnn4-c4ccc(F)cc4)c3)c2c1. The number of aryl methyl sites for hydroxylation is 1. The smallest absolute Gasteiger partial charge is 0.231 e. The molecule has 5 aromatic rings. The van der Waals surface area contributed by atoms with Crippen molar-refractivity contribution in [1.29, 1.82) is 0 Å². The molecule has 0 aliphatic rings. The maximum atomic E-state index is 14.7. The molecule has 9 heteroatoms. The molecule has 0 amide bonds. The van der Waals surface area contributed by atoms with Crippen molar-refractivity contribution in [1.82, 2.24) is 14.3 Å². The number of aliphatic hydroxyl groups is 1. The molecule has 0 aliphatic carbocycles. The summed E-state index contributed by atoms with van der Waals surface area (Å²) in [5.74, 6) is -4.13. The molecule has 2 aromatic heterocycles. The molecule has 0 radical (unpaired) electrons. The van der Waals surface area contributed by atoms with E-state index in [9.17, 15) is 27.1 Å². The highest BCUT2D eigenvalue weighted by Gasteiger charge is 2.34. The highest BCUT2D eigenvalue weighted by atomic mass is 19.2. The molecule has 1 atom stereocenters. The van der Waals surface area contributed by atoms with Gasteiger partial charge in [0.2, 0.25) is 5.95 Å². The Labute approximate surface area is 190 Å². The van der Waals surface area contributed by atoms with Gasteiger partial charge < -0.3 is 9.67 Å². The summed E-state index contributed by atoms with van der Waals surface area (Å²) >= 11 is 0. The summed E-state index contributed by atoms with van der Waals surface area (Å²) in [6, 6.07) is 12.7. The molecule has 0 saturated heterocycles. The van der Waals surface area contributed by atoms with Crippen LogP contribution in [0.5, 0.6) is 0 Å². The van der Waals surface area contributed by atoms with E-state index in [4.69, 9.17) is 0 Å². The van der Waals surface area contributed by atoms with Crippen LogP contribution in [0.1, 0.15) is 11.1 Å². The highest BCUT2D eigenvalue weighted by molar-refractivity contribution is 5.83. The predicted octanol–water partition coefficient (Wildman–Crippen LogP) is 5.70. The normalized spacial score (nSPS) is 13.6. The highest BCUT2D eigenvalue weighted by Crippen LogP contribution is 2.33. The van der Waals surface area contributed by atoms with Gasteiger partial charge in [-0.3, -0.25) is 0 Å². The van der Waals surface area contributed by atoms with E-state index in [0.717, 1.165) is 10.6 Å². The standard InChI is InChI=1S/C25H18F5N3O/c1-14-8-19(28)22-21(9-14)32(24(30)23(22)29)13-25(34,12-26)16-2-7-20-15(10-16)11-31-33(20)18-5-3-17(27)4-6-18/h2-11,34H,12-13H2,1H3. The summed E-state index contributed by atoms with van der Waals surface area (Å²) in [5, 5.41) is 15.4. The molecule has 3 aromatic carbocycles. The number of rotatable bonds is 5. The third-order valence-corrected chi connectivity index (χ3v) is 5.96. The van der Waals surface area contributed by atoms with Crippen molar-refractivity contribution in [2.75, 3.05) is 6.67 Å². The van der Waals surface area contributed by atoms with Crippen molar-refractivity contribution in [3.63, 3.8) is 0 Å². The zero-order chi connectivity index (χ0) is 24.2. The monoisotopic (exact) mass is 471 g/mol. The van der Waals surface area contributed by atoms with Gasteiger partial charge in [-0.15, -0.1) is 0 Å². The summed E-state index contributed by atoms with van der Waals surface area (Å²) in [4.78, 5) is 0. The van der Waals surface area contributed by atoms with Crippen LogP contribution in [-0.4, -0.2) is 26.1 Å². The van der Waals surface area contributed by atoms with Gasteiger partial charge in [0.15, 0.2) is 5.82 Å². The minimum atomic E-state index is -2.23. The fourth-order valence-corrected chi connectivity index (χ4v) is 4.22. The minimum absolute atomic E-state index is 0.107. The van der Waals surface area contributed by atoms with Gasteiger partial charge in [-0.2, -0.15) is 9.49 Å². The summed E-state index contributed by atoms with van der Waals surface area (Å²) in [6.45, 7) is -0.431. The Balaban J connectivity index is 1.58. The molecule has 0 bridgehead atoms. The van der Waals surface area contributed by atoms with Crippen LogP contribution in [0.15, 0.2) is 60.8 Å². The first kappa shape index (κ1) is 22.1. The molecule has 1 N–H and O–H groups in total. The van der Waals surface area contributed by atoms with Gasteiger partial charge in [0, 0.05) is 5.39 Å². The van der Waals surface area contributed by atoms with Crippen LogP contribution in [0.25, 0.3) is 27.5 Å². The van der Waals surface area contributed by atoms with E-state index in [1.807, 2.05) is 0 Å². The number of hydrogen-bond acceptors (Lipinski definition) is 2. The first-order valence-corrected chi connectivity index (χ1v) is 10.4. The van der Waals surface area contributed by atoms with E-state index in [1.54, 1.807) is 29.8 Å². The molecule has 174 valence electrons. The number of hydrogen-bond donors (Lipinski definition) is 1. The molecule has 1 unspecified atom stereocenters. The Morgan fingerprint density at radius 1 is 0.941 bits per heavy atom. The number of alkyl halides is 1. The van der Waals surface area contributed by atoms with Crippen LogP contribution in [0.2, 0.25) is 0 Å². The van der Waals surface area contributed by atoms with E-state index in [2.05, 4.69) is 5.10 Å². The van der Waals surface area contributed by atoms with Crippen molar-refractivity contribution in [3.05, 3.63) is 95.3 Å². The molecular formula is C25H18F5N3O. The van der Waals surface area contributed by atoms with E-state index in [0.29, 0.717) is 22.2 Å². The summed E-state index contributed by atoms with van der Waals surface area (Å²) in [6.07, 6.45) is 1.49. The van der Waals surface area contributed by atoms with Gasteiger partial charge in [0.25, 0.3) is 0 Å². The van der Waals surface area contributed by atoms with Gasteiger partial charge >= 0.3 is 0 Å². The second kappa shape index (κ2) is 7.95. The molecule has 0 aliphatic heterocycles. The lowest BCUT2D eigenvalue weighted by molar-refractivity contribution is -0.00677. The van der Waals surface area contributed by atoms with Crippen LogP contribution in [0.4, 0.5) is 22.0 Å². The number of fused-ring (bicyclic) bond motifs is 2. The lowest BCUT2D eigenvalue weighted by atomic mass is 9.94. The van der Waals surface area contributed by atoms with E-state index >= 15 is 0 Å². The molecule has 2 heterocycles. The average Bonchev–Trinajstić information content (AvgIpc) is 3.34. The van der Waals surface area contributed by atoms with Gasteiger partial charge in [0.1, 0.15) is 23.9 Å². The van der Waals surface area contributed by atoms with Crippen LogP contribution in [0.3, 0.4) is 0 Å². The van der Waals surface area contributed by atoms with Crippen LogP contribution < -0.4 is 0 Å². The number of halogens is 5. The van der Waals surface area contributed by atoms with E-state index in [1.165, 1.54) is 36.5 Å². The van der Waals surface area contributed by atoms with Gasteiger partial charge in [0.05, 0.1) is 34.8 Å². The van der Waals surface area contributed by atoms with E-state index < -0.39 is 47.6 Å². The van der Waals surface area contributed by atoms with Gasteiger partial charge in [-0.1, -0.05) is 6.07 Å². The fourth-order valence-electron chi connectivity index (χ4n) is 4.22. The van der Waals surface area contributed by atoms with Crippen LogP contribution in [-0.2, 0) is 12.1 Å². The Hall–Kier alpha value is -3.72. The van der Waals surface area contributed by atoms with Crippen LogP contribution >= 0.6 is 0 Å².